The average molecular weight is 1320 g/mol. The van der Waals surface area contributed by atoms with Crippen LogP contribution in [0.25, 0.3) is 45.0 Å². The molecule has 0 fully saturated rings. The first-order valence-corrected chi connectivity index (χ1v) is 31.0. The van der Waals surface area contributed by atoms with Crippen LogP contribution in [0, 0.1) is 98.6 Å². The maximum Gasteiger partial charge on any atom is 0.132 e. The highest BCUT2D eigenvalue weighted by Gasteiger charge is 2.18. The fourth-order valence-corrected chi connectivity index (χ4v) is 11.4. The highest BCUT2D eigenvalue weighted by molar-refractivity contribution is 5.64. The molecule has 0 atom stereocenters. The third-order valence-electron chi connectivity index (χ3n) is 16.3. The zero-order chi connectivity index (χ0) is 69.1. The van der Waals surface area contributed by atoms with Crippen LogP contribution in [0.3, 0.4) is 0 Å². The summed E-state index contributed by atoms with van der Waals surface area (Å²) in [7, 11) is 7.20. The van der Waals surface area contributed by atoms with Crippen molar-refractivity contribution in [1.82, 2.24) is 39.1 Å². The fourth-order valence-electron chi connectivity index (χ4n) is 11.4. The van der Waals surface area contributed by atoms with E-state index >= 15 is 0 Å². The number of aryl methyl sites for hydroxylation is 14. The van der Waals surface area contributed by atoms with Gasteiger partial charge in [-0.15, -0.1) is 0 Å². The maximum absolute atomic E-state index is 14.5. The van der Waals surface area contributed by atoms with Crippen molar-refractivity contribution in [2.45, 2.75) is 86.0 Å². The normalized spacial score (nSPS) is 11.0. The lowest BCUT2D eigenvalue weighted by molar-refractivity contribution is 0.550. The highest BCUT2D eigenvalue weighted by Crippen LogP contribution is 2.30. The van der Waals surface area contributed by atoms with E-state index in [-0.39, 0.29) is 77.9 Å². The molecular weight excluding hydrogens is 1250 g/mol. The van der Waals surface area contributed by atoms with Gasteiger partial charge in [-0.1, -0.05) is 72.8 Å². The minimum atomic E-state index is -0.600. The summed E-state index contributed by atoms with van der Waals surface area (Å²) in [4.78, 5) is 0. The molecule has 0 aliphatic heterocycles. The van der Waals surface area contributed by atoms with Crippen LogP contribution >= 0.6 is 0 Å². The fraction of sp³-hybridized carbons (Fsp3) is 0.221. The molecule has 0 bridgehead atoms. The number of halogens is 11. The molecule has 96 heavy (non-hydrogen) atoms. The summed E-state index contributed by atoms with van der Waals surface area (Å²) in [5.41, 5.74) is 12.6. The molecule has 0 N–H and O–H groups in total. The summed E-state index contributed by atoms with van der Waals surface area (Å²) in [6, 6.07) is 44.1. The average Bonchev–Trinajstić information content (AvgIpc) is 1.69. The van der Waals surface area contributed by atoms with Gasteiger partial charge in [-0.25, -0.2) is 48.3 Å². The number of nitrogens with zero attached hydrogens (tertiary/aromatic N) is 8. The van der Waals surface area contributed by atoms with Crippen LogP contribution in [-0.4, -0.2) is 39.1 Å². The predicted molar refractivity (Wildman–Crippen MR) is 353 cm³/mol. The van der Waals surface area contributed by atoms with E-state index in [2.05, 4.69) is 20.4 Å². The van der Waals surface area contributed by atoms with Crippen molar-refractivity contribution in [3.05, 3.63) is 307 Å². The zero-order valence-corrected chi connectivity index (χ0v) is 54.6. The molecule has 0 aliphatic rings. The van der Waals surface area contributed by atoms with Gasteiger partial charge < -0.3 is 0 Å². The van der Waals surface area contributed by atoms with Crippen molar-refractivity contribution in [1.29, 1.82) is 0 Å². The quantitative estimate of drug-likeness (QED) is 0.0904. The Labute approximate surface area is 551 Å². The first-order valence-electron chi connectivity index (χ1n) is 31.0. The monoisotopic (exact) mass is 1320 g/mol. The molecule has 0 saturated carbocycles. The summed E-state index contributed by atoms with van der Waals surface area (Å²) < 4.78 is 160. The Bertz CT molecular complexity index is 4500. The van der Waals surface area contributed by atoms with E-state index in [1.807, 2.05) is 65.1 Å². The van der Waals surface area contributed by atoms with E-state index in [0.29, 0.717) is 63.9 Å². The Hall–Kier alpha value is -10.2. The van der Waals surface area contributed by atoms with Gasteiger partial charge >= 0.3 is 0 Å². The molecule has 19 heteroatoms. The van der Waals surface area contributed by atoms with E-state index < -0.39 is 34.9 Å². The lowest BCUT2D eigenvalue weighted by Gasteiger charge is -2.09. The van der Waals surface area contributed by atoms with Crippen molar-refractivity contribution < 1.29 is 48.3 Å². The molecule has 4 heterocycles. The lowest BCUT2D eigenvalue weighted by atomic mass is 10.0. The molecule has 0 spiro atoms. The van der Waals surface area contributed by atoms with Gasteiger partial charge in [-0.2, -0.15) is 20.4 Å². The molecule has 0 saturated heterocycles. The van der Waals surface area contributed by atoms with Gasteiger partial charge in [0.2, 0.25) is 0 Å². The van der Waals surface area contributed by atoms with Gasteiger partial charge in [0.15, 0.2) is 0 Å². The molecule has 0 radical (unpaired) electrons. The summed E-state index contributed by atoms with van der Waals surface area (Å²) in [5, 5.41) is 17.0. The molecule has 0 aliphatic carbocycles. The van der Waals surface area contributed by atoms with Crippen LogP contribution in [0.4, 0.5) is 48.3 Å². The Morgan fingerprint density at radius 1 is 0.260 bits per heavy atom. The van der Waals surface area contributed by atoms with Gasteiger partial charge in [0.1, 0.15) is 64.0 Å². The first-order chi connectivity index (χ1) is 45.8. The third-order valence-corrected chi connectivity index (χ3v) is 16.3. The Balaban J connectivity index is 0.000000150. The van der Waals surface area contributed by atoms with Crippen LogP contribution in [0.5, 0.6) is 0 Å². The van der Waals surface area contributed by atoms with Crippen LogP contribution in [0.1, 0.15) is 72.8 Å². The standard InChI is InChI=1S/C20H19F3N2.2C19H17F3N2.C19H18F2N2/c1-12-8-17(21)15(18(22)9-12)6-4-14-5-7-16(19(23)11-14)20-10-13(2)24-25(20)3;2*1-12-10-19(24(2)23-12)14-7-6-13(18(22)11-14)8-9-15-16(20)4-3-5-17(15)21;1-13-11-19(23(2)22-13)16-10-9-15(18(21)12-16)8-7-14-5-3-4-6-17(14)20/h5,7-11H,4,6H2,1-3H3;2*3-7,10-11H,8-9H2,1-2H3;3-6,9-12H,7-8H2,1-2H3. The van der Waals surface area contributed by atoms with Gasteiger partial charge in [-0.05, 0) is 216 Å². The Kier molecular flexibility index (Phi) is 22.9. The van der Waals surface area contributed by atoms with Crippen LogP contribution < -0.4 is 0 Å². The maximum atomic E-state index is 14.5. The van der Waals surface area contributed by atoms with Crippen molar-refractivity contribution in [2.24, 2.45) is 28.2 Å². The van der Waals surface area contributed by atoms with Gasteiger partial charge in [0.25, 0.3) is 0 Å². The highest BCUT2D eigenvalue weighted by atomic mass is 19.2. The summed E-state index contributed by atoms with van der Waals surface area (Å²) in [5.74, 6) is -5.16. The molecule has 8 aromatic carbocycles. The van der Waals surface area contributed by atoms with Crippen LogP contribution in [0.15, 0.2) is 170 Å². The van der Waals surface area contributed by atoms with Crippen molar-refractivity contribution in [2.75, 3.05) is 0 Å². The topological polar surface area (TPSA) is 71.3 Å². The van der Waals surface area contributed by atoms with E-state index in [4.69, 9.17) is 0 Å². The second-order valence-electron chi connectivity index (χ2n) is 23.6. The van der Waals surface area contributed by atoms with E-state index in [0.717, 1.165) is 56.5 Å². The number of benzene rings is 8. The molecule has 0 amide bonds. The van der Waals surface area contributed by atoms with Gasteiger partial charge in [-0.3, -0.25) is 18.7 Å². The second-order valence-corrected chi connectivity index (χ2v) is 23.6. The Morgan fingerprint density at radius 3 is 0.927 bits per heavy atom. The van der Waals surface area contributed by atoms with Crippen LogP contribution in [0.2, 0.25) is 0 Å². The third kappa shape index (κ3) is 17.6. The van der Waals surface area contributed by atoms with E-state index in [1.165, 1.54) is 78.9 Å². The summed E-state index contributed by atoms with van der Waals surface area (Å²) in [6.45, 7) is 9.14. The number of aromatic nitrogens is 8. The number of rotatable bonds is 16. The molecule has 496 valence electrons. The molecular formula is C77H71F11N8. The molecule has 8 nitrogen and oxygen atoms in total. The first kappa shape index (κ1) is 70.2. The predicted octanol–water partition coefficient (Wildman–Crippen LogP) is 18.6. The van der Waals surface area contributed by atoms with Crippen LogP contribution in [-0.2, 0) is 79.6 Å². The summed E-state index contributed by atoms with van der Waals surface area (Å²) >= 11 is 0. The largest absolute Gasteiger partial charge is 0.268 e. The van der Waals surface area contributed by atoms with E-state index in [9.17, 15) is 48.3 Å². The SMILES string of the molecule is Cc1cc(-c2ccc(CCc3c(F)cccc3F)c(F)c2)n(C)n1.Cc1cc(-c2ccc(CCc3c(F)cccc3F)c(F)c2)n(C)n1.Cc1cc(-c2ccc(CCc3ccccc3F)c(F)c2)n(C)n1.Cc1cc(F)c(CCc2ccc(-c3cc(C)nn3C)c(F)c2)c(F)c1. The van der Waals surface area contributed by atoms with Crippen molar-refractivity contribution >= 4 is 0 Å². The lowest BCUT2D eigenvalue weighted by Crippen LogP contribution is -2.01. The van der Waals surface area contributed by atoms with Crippen molar-refractivity contribution in [3.8, 4) is 45.0 Å². The molecule has 0 unspecified atom stereocenters. The van der Waals surface area contributed by atoms with Crippen molar-refractivity contribution in [3.63, 3.8) is 0 Å². The zero-order valence-electron chi connectivity index (χ0n) is 54.6. The minimum absolute atomic E-state index is 0.0109. The number of hydrogen-bond donors (Lipinski definition) is 0. The van der Waals surface area contributed by atoms with Gasteiger partial charge in [0, 0.05) is 67.1 Å². The minimum Gasteiger partial charge on any atom is -0.268 e. The Morgan fingerprint density at radius 2 is 0.583 bits per heavy atom. The molecule has 4 aromatic heterocycles. The number of hydrogen-bond acceptors (Lipinski definition) is 4. The molecule has 12 rings (SSSR count). The molecule has 12 aromatic rings. The smallest absolute Gasteiger partial charge is 0.132 e. The van der Waals surface area contributed by atoms with Gasteiger partial charge in [0.05, 0.1) is 45.6 Å². The summed E-state index contributed by atoms with van der Waals surface area (Å²) in [6.07, 6.45) is 2.17. The van der Waals surface area contributed by atoms with E-state index in [1.54, 1.807) is 107 Å². The second kappa shape index (κ2) is 31.4.